The average molecular weight is 326 g/mol. The summed E-state index contributed by atoms with van der Waals surface area (Å²) in [6.07, 6.45) is 1.16. The number of carbonyl (C=O) groups is 2. The smallest absolute Gasteiger partial charge is 0.251 e. The van der Waals surface area contributed by atoms with Gasteiger partial charge in [0, 0.05) is 25.1 Å². The Morgan fingerprint density at radius 2 is 1.67 bits per heavy atom. The van der Waals surface area contributed by atoms with Crippen LogP contribution in [0.5, 0.6) is 11.5 Å². The van der Waals surface area contributed by atoms with Crippen LogP contribution in [-0.4, -0.2) is 24.9 Å². The minimum Gasteiger partial charge on any atom is -0.457 e. The molecule has 0 fully saturated rings. The van der Waals surface area contributed by atoms with Crippen molar-refractivity contribution >= 4 is 11.8 Å². The lowest BCUT2D eigenvalue weighted by atomic mass is 10.2. The van der Waals surface area contributed by atoms with E-state index in [0.29, 0.717) is 30.2 Å². The van der Waals surface area contributed by atoms with E-state index in [9.17, 15) is 9.59 Å². The molecule has 0 aliphatic carbocycles. The molecular formula is C19H22N2O3. The van der Waals surface area contributed by atoms with E-state index >= 15 is 0 Å². The first-order chi connectivity index (χ1) is 11.7. The molecular weight excluding hydrogens is 304 g/mol. The number of ether oxygens (including phenoxy) is 1. The molecule has 5 heteroatoms. The quantitative estimate of drug-likeness (QED) is 0.783. The van der Waals surface area contributed by atoms with Gasteiger partial charge in [-0.1, -0.05) is 31.2 Å². The third-order valence-corrected chi connectivity index (χ3v) is 3.28. The van der Waals surface area contributed by atoms with Crippen LogP contribution in [0.15, 0.2) is 54.6 Å². The molecule has 0 atom stereocenters. The predicted octanol–water partition coefficient (Wildman–Crippen LogP) is 3.13. The molecule has 0 aliphatic heterocycles. The van der Waals surface area contributed by atoms with Crippen molar-refractivity contribution in [3.63, 3.8) is 0 Å². The SMILES string of the molecule is CCCNC(=O)CCNC(=O)c1cccc(Oc2ccccc2)c1. The van der Waals surface area contributed by atoms with Crippen LogP contribution in [-0.2, 0) is 4.79 Å². The summed E-state index contributed by atoms with van der Waals surface area (Å²) in [6.45, 7) is 2.95. The van der Waals surface area contributed by atoms with E-state index in [0.717, 1.165) is 6.42 Å². The van der Waals surface area contributed by atoms with Gasteiger partial charge in [0.1, 0.15) is 11.5 Å². The lowest BCUT2D eigenvalue weighted by molar-refractivity contribution is -0.120. The third-order valence-electron chi connectivity index (χ3n) is 3.28. The van der Waals surface area contributed by atoms with E-state index in [1.54, 1.807) is 24.3 Å². The van der Waals surface area contributed by atoms with Crippen LogP contribution in [0.3, 0.4) is 0 Å². The van der Waals surface area contributed by atoms with Gasteiger partial charge in [-0.3, -0.25) is 9.59 Å². The van der Waals surface area contributed by atoms with E-state index in [4.69, 9.17) is 4.74 Å². The monoisotopic (exact) mass is 326 g/mol. The van der Waals surface area contributed by atoms with Crippen molar-refractivity contribution in [3.8, 4) is 11.5 Å². The number of benzene rings is 2. The summed E-state index contributed by atoms with van der Waals surface area (Å²) in [7, 11) is 0. The minimum absolute atomic E-state index is 0.0571. The van der Waals surface area contributed by atoms with Crippen molar-refractivity contribution in [2.45, 2.75) is 19.8 Å². The topological polar surface area (TPSA) is 67.4 Å². The average Bonchev–Trinajstić information content (AvgIpc) is 2.61. The van der Waals surface area contributed by atoms with E-state index < -0.39 is 0 Å². The third kappa shape index (κ3) is 5.76. The van der Waals surface area contributed by atoms with Crippen LogP contribution in [0.2, 0.25) is 0 Å². The number of para-hydroxylation sites is 1. The highest BCUT2D eigenvalue weighted by molar-refractivity contribution is 5.94. The summed E-state index contributed by atoms with van der Waals surface area (Å²) in [6, 6.07) is 16.3. The molecule has 0 saturated heterocycles. The Labute approximate surface area is 142 Å². The molecule has 24 heavy (non-hydrogen) atoms. The fraction of sp³-hybridized carbons (Fsp3) is 0.263. The number of nitrogens with one attached hydrogen (secondary N) is 2. The second kappa shape index (κ2) is 9.35. The number of carbonyl (C=O) groups excluding carboxylic acids is 2. The molecule has 2 amide bonds. The fourth-order valence-electron chi connectivity index (χ4n) is 2.07. The van der Waals surface area contributed by atoms with Crippen molar-refractivity contribution in [1.29, 1.82) is 0 Å². The fourth-order valence-corrected chi connectivity index (χ4v) is 2.07. The van der Waals surface area contributed by atoms with E-state index in [1.165, 1.54) is 0 Å². The normalized spacial score (nSPS) is 10.0. The highest BCUT2D eigenvalue weighted by Gasteiger charge is 2.08. The van der Waals surface area contributed by atoms with Crippen molar-refractivity contribution in [2.75, 3.05) is 13.1 Å². The Morgan fingerprint density at radius 1 is 0.917 bits per heavy atom. The van der Waals surface area contributed by atoms with E-state index in [2.05, 4.69) is 10.6 Å². The lowest BCUT2D eigenvalue weighted by Crippen LogP contribution is -2.31. The summed E-state index contributed by atoms with van der Waals surface area (Å²) < 4.78 is 5.71. The first-order valence-electron chi connectivity index (χ1n) is 8.07. The Morgan fingerprint density at radius 3 is 2.42 bits per heavy atom. The second-order valence-electron chi connectivity index (χ2n) is 5.30. The van der Waals surface area contributed by atoms with Gasteiger partial charge in [0.15, 0.2) is 0 Å². The molecule has 0 unspecified atom stereocenters. The molecule has 126 valence electrons. The standard InChI is InChI=1S/C19H22N2O3/c1-2-12-20-18(22)11-13-21-19(23)15-7-6-10-17(14-15)24-16-8-4-3-5-9-16/h3-10,14H,2,11-13H2,1H3,(H,20,22)(H,21,23). The zero-order valence-electron chi connectivity index (χ0n) is 13.7. The van der Waals surface area contributed by atoms with Crippen molar-refractivity contribution in [2.24, 2.45) is 0 Å². The summed E-state index contributed by atoms with van der Waals surface area (Å²) in [5, 5.41) is 5.51. The zero-order chi connectivity index (χ0) is 17.2. The highest BCUT2D eigenvalue weighted by atomic mass is 16.5. The Hall–Kier alpha value is -2.82. The van der Waals surface area contributed by atoms with Crippen LogP contribution >= 0.6 is 0 Å². The molecule has 0 radical (unpaired) electrons. The minimum atomic E-state index is -0.225. The van der Waals surface area contributed by atoms with Crippen LogP contribution in [0, 0.1) is 0 Å². The molecule has 2 aromatic carbocycles. The zero-order valence-corrected chi connectivity index (χ0v) is 13.7. The maximum absolute atomic E-state index is 12.1. The van der Waals surface area contributed by atoms with Crippen molar-refractivity contribution in [1.82, 2.24) is 10.6 Å². The van der Waals surface area contributed by atoms with Gasteiger partial charge in [0.25, 0.3) is 5.91 Å². The predicted molar refractivity (Wildman–Crippen MR) is 93.2 cm³/mol. The Bertz CT molecular complexity index is 671. The maximum atomic E-state index is 12.1. The first kappa shape index (κ1) is 17.5. The van der Waals surface area contributed by atoms with Crippen LogP contribution in [0.25, 0.3) is 0 Å². The van der Waals surface area contributed by atoms with Crippen molar-refractivity contribution < 1.29 is 14.3 Å². The van der Waals surface area contributed by atoms with Gasteiger partial charge in [-0.15, -0.1) is 0 Å². The van der Waals surface area contributed by atoms with Gasteiger partial charge in [-0.05, 0) is 36.8 Å². The summed E-state index contributed by atoms with van der Waals surface area (Å²) in [5.74, 6) is 1.02. The molecule has 0 spiro atoms. The molecule has 5 nitrogen and oxygen atoms in total. The summed E-state index contributed by atoms with van der Waals surface area (Å²) >= 11 is 0. The summed E-state index contributed by atoms with van der Waals surface area (Å²) in [4.78, 5) is 23.6. The maximum Gasteiger partial charge on any atom is 0.251 e. The molecule has 2 rings (SSSR count). The molecule has 0 aliphatic rings. The largest absolute Gasteiger partial charge is 0.457 e. The number of amides is 2. The van der Waals surface area contributed by atoms with Gasteiger partial charge in [-0.25, -0.2) is 0 Å². The highest BCUT2D eigenvalue weighted by Crippen LogP contribution is 2.21. The Kier molecular flexibility index (Phi) is 6.83. The van der Waals surface area contributed by atoms with Gasteiger partial charge < -0.3 is 15.4 Å². The molecule has 2 aromatic rings. The van der Waals surface area contributed by atoms with E-state index in [-0.39, 0.29) is 18.2 Å². The number of rotatable bonds is 8. The van der Waals surface area contributed by atoms with Crippen LogP contribution in [0.1, 0.15) is 30.1 Å². The van der Waals surface area contributed by atoms with E-state index in [1.807, 2.05) is 37.3 Å². The van der Waals surface area contributed by atoms with Crippen molar-refractivity contribution in [3.05, 3.63) is 60.2 Å². The van der Waals surface area contributed by atoms with Gasteiger partial charge >= 0.3 is 0 Å². The van der Waals surface area contributed by atoms with Gasteiger partial charge in [-0.2, -0.15) is 0 Å². The molecule has 2 N–H and O–H groups in total. The summed E-state index contributed by atoms with van der Waals surface area (Å²) in [5.41, 5.74) is 0.498. The number of hydrogen-bond donors (Lipinski definition) is 2. The van der Waals surface area contributed by atoms with Crippen LogP contribution < -0.4 is 15.4 Å². The molecule has 0 bridgehead atoms. The van der Waals surface area contributed by atoms with Gasteiger partial charge in [0.05, 0.1) is 0 Å². The van der Waals surface area contributed by atoms with Gasteiger partial charge in [0.2, 0.25) is 5.91 Å². The number of hydrogen-bond acceptors (Lipinski definition) is 3. The first-order valence-corrected chi connectivity index (χ1v) is 8.07. The molecule has 0 saturated carbocycles. The Balaban J connectivity index is 1.86. The lowest BCUT2D eigenvalue weighted by Gasteiger charge is -2.08. The molecule has 0 aromatic heterocycles. The second-order valence-corrected chi connectivity index (χ2v) is 5.30. The molecule has 0 heterocycles. The van der Waals surface area contributed by atoms with Crippen LogP contribution in [0.4, 0.5) is 0 Å².